The Bertz CT molecular complexity index is 932. The second-order valence-electron chi connectivity index (χ2n) is 6.48. The van der Waals surface area contributed by atoms with Gasteiger partial charge in [-0.15, -0.1) is 0 Å². The van der Waals surface area contributed by atoms with E-state index in [0.717, 1.165) is 36.5 Å². The van der Waals surface area contributed by atoms with Gasteiger partial charge in [0, 0.05) is 37.7 Å². The maximum Gasteiger partial charge on any atom is 0.173 e. The lowest BCUT2D eigenvalue weighted by Crippen LogP contribution is -2.35. The molecule has 0 aliphatic heterocycles. The lowest BCUT2D eigenvalue weighted by atomic mass is 10.2. The number of thiocarbonyl (C=S) groups is 1. The van der Waals surface area contributed by atoms with Gasteiger partial charge in [-0.05, 0) is 54.5 Å². The number of nitrogens with zero attached hydrogens (tertiary/aromatic N) is 3. The highest BCUT2D eigenvalue weighted by Gasteiger charge is 2.12. The Morgan fingerprint density at radius 3 is 2.62 bits per heavy atom. The Hall–Kier alpha value is -2.28. The molecule has 0 fully saturated rings. The number of imidazole rings is 1. The fraction of sp³-hybridized carbons (Fsp3) is 0.238. The van der Waals surface area contributed by atoms with Crippen LogP contribution in [-0.4, -0.2) is 33.2 Å². The molecule has 8 heteroatoms. The maximum atomic E-state index is 6.13. The SMILES string of the molecule is COc1ccc(CN(CCCn2ccnc2)C(=S)Nc2ccc(Cl)c(Cl)c2)cc1. The summed E-state index contributed by atoms with van der Waals surface area (Å²) in [7, 11) is 1.66. The number of halogens is 2. The summed E-state index contributed by atoms with van der Waals surface area (Å²) in [4.78, 5) is 6.22. The third kappa shape index (κ3) is 6.35. The first kappa shape index (κ1) is 21.4. The molecule has 0 amide bonds. The minimum absolute atomic E-state index is 0.487. The summed E-state index contributed by atoms with van der Waals surface area (Å²) in [6.45, 7) is 2.34. The van der Waals surface area contributed by atoms with E-state index in [1.165, 1.54) is 0 Å². The van der Waals surface area contributed by atoms with Gasteiger partial charge in [-0.1, -0.05) is 35.3 Å². The summed E-state index contributed by atoms with van der Waals surface area (Å²) < 4.78 is 7.30. The monoisotopic (exact) mass is 448 g/mol. The number of nitrogens with one attached hydrogen (secondary N) is 1. The first-order valence-electron chi connectivity index (χ1n) is 9.15. The standard InChI is InChI=1S/C21H22Cl2N4OS/c1-28-18-6-3-16(4-7-18)14-27(11-2-10-26-12-9-24-15-26)21(29)25-17-5-8-19(22)20(23)13-17/h3-9,12-13,15H,2,10-11,14H2,1H3,(H,25,29). The molecule has 152 valence electrons. The number of benzene rings is 2. The first-order valence-corrected chi connectivity index (χ1v) is 10.3. The van der Waals surface area contributed by atoms with Crippen molar-refractivity contribution in [3.8, 4) is 5.75 Å². The molecule has 0 saturated heterocycles. The van der Waals surface area contributed by atoms with Crippen LogP contribution in [0, 0.1) is 0 Å². The molecule has 1 heterocycles. The van der Waals surface area contributed by atoms with E-state index in [4.69, 9.17) is 40.2 Å². The normalized spacial score (nSPS) is 10.6. The zero-order chi connectivity index (χ0) is 20.6. The van der Waals surface area contributed by atoms with Gasteiger partial charge in [0.05, 0.1) is 23.5 Å². The highest BCUT2D eigenvalue weighted by Crippen LogP contribution is 2.25. The van der Waals surface area contributed by atoms with Gasteiger partial charge in [-0.3, -0.25) is 0 Å². The van der Waals surface area contributed by atoms with E-state index in [-0.39, 0.29) is 0 Å². The Morgan fingerprint density at radius 1 is 1.17 bits per heavy atom. The molecule has 0 radical (unpaired) electrons. The summed E-state index contributed by atoms with van der Waals surface area (Å²) in [5.74, 6) is 0.830. The summed E-state index contributed by atoms with van der Waals surface area (Å²) in [5, 5.41) is 4.90. The van der Waals surface area contributed by atoms with E-state index in [2.05, 4.69) is 19.8 Å². The fourth-order valence-electron chi connectivity index (χ4n) is 2.84. The van der Waals surface area contributed by atoms with E-state index in [0.29, 0.717) is 21.7 Å². The molecule has 0 bridgehead atoms. The van der Waals surface area contributed by atoms with Crippen LogP contribution in [0.3, 0.4) is 0 Å². The number of methoxy groups -OCH3 is 1. The van der Waals surface area contributed by atoms with E-state index in [9.17, 15) is 0 Å². The van der Waals surface area contributed by atoms with E-state index >= 15 is 0 Å². The minimum Gasteiger partial charge on any atom is -0.497 e. The smallest absolute Gasteiger partial charge is 0.173 e. The lowest BCUT2D eigenvalue weighted by Gasteiger charge is -2.26. The van der Waals surface area contributed by atoms with Gasteiger partial charge in [-0.25, -0.2) is 4.98 Å². The Morgan fingerprint density at radius 2 is 1.97 bits per heavy atom. The summed E-state index contributed by atoms with van der Waals surface area (Å²) in [6, 6.07) is 13.4. The number of ether oxygens (including phenoxy) is 1. The summed E-state index contributed by atoms with van der Waals surface area (Å²) in [6.07, 6.45) is 6.49. The van der Waals surface area contributed by atoms with E-state index in [1.807, 2.05) is 42.9 Å². The van der Waals surface area contributed by atoms with Crippen molar-refractivity contribution in [3.63, 3.8) is 0 Å². The predicted molar refractivity (Wildman–Crippen MR) is 123 cm³/mol. The molecule has 29 heavy (non-hydrogen) atoms. The van der Waals surface area contributed by atoms with Crippen molar-refractivity contribution in [1.29, 1.82) is 0 Å². The second kappa shape index (κ2) is 10.5. The van der Waals surface area contributed by atoms with Crippen LogP contribution in [0.1, 0.15) is 12.0 Å². The number of rotatable bonds is 8. The molecule has 0 atom stereocenters. The van der Waals surface area contributed by atoms with Gasteiger partial charge in [0.15, 0.2) is 5.11 Å². The van der Waals surface area contributed by atoms with Crippen molar-refractivity contribution in [3.05, 3.63) is 76.8 Å². The molecule has 0 unspecified atom stereocenters. The van der Waals surface area contributed by atoms with Crippen molar-refractivity contribution in [2.75, 3.05) is 19.0 Å². The van der Waals surface area contributed by atoms with Crippen molar-refractivity contribution in [1.82, 2.24) is 14.5 Å². The van der Waals surface area contributed by atoms with Gasteiger partial charge in [0.2, 0.25) is 0 Å². The fourth-order valence-corrected chi connectivity index (χ4v) is 3.42. The van der Waals surface area contributed by atoms with E-state index < -0.39 is 0 Å². The van der Waals surface area contributed by atoms with Crippen LogP contribution in [0.4, 0.5) is 5.69 Å². The Kier molecular flexibility index (Phi) is 7.75. The summed E-state index contributed by atoms with van der Waals surface area (Å²) >= 11 is 17.8. The zero-order valence-electron chi connectivity index (χ0n) is 16.0. The minimum atomic E-state index is 0.487. The molecule has 0 spiro atoms. The van der Waals surface area contributed by atoms with Crippen LogP contribution in [0.2, 0.25) is 10.0 Å². The number of hydrogen-bond acceptors (Lipinski definition) is 3. The Balaban J connectivity index is 1.68. The molecule has 3 rings (SSSR count). The van der Waals surface area contributed by atoms with Gasteiger partial charge < -0.3 is 19.5 Å². The Labute approximate surface area is 186 Å². The molecule has 0 saturated carbocycles. The predicted octanol–water partition coefficient (Wildman–Crippen LogP) is 5.49. The molecule has 0 aliphatic rings. The molecular weight excluding hydrogens is 427 g/mol. The largest absolute Gasteiger partial charge is 0.497 e. The summed E-state index contributed by atoms with van der Waals surface area (Å²) in [5.41, 5.74) is 1.95. The molecule has 1 N–H and O–H groups in total. The first-order chi connectivity index (χ1) is 14.0. The molecule has 1 aromatic heterocycles. The van der Waals surface area contributed by atoms with Crippen LogP contribution in [0.25, 0.3) is 0 Å². The van der Waals surface area contributed by atoms with Gasteiger partial charge in [0.25, 0.3) is 0 Å². The second-order valence-corrected chi connectivity index (χ2v) is 7.68. The molecule has 5 nitrogen and oxygen atoms in total. The third-order valence-corrected chi connectivity index (χ3v) is 5.49. The zero-order valence-corrected chi connectivity index (χ0v) is 18.3. The maximum absolute atomic E-state index is 6.13. The topological polar surface area (TPSA) is 42.3 Å². The third-order valence-electron chi connectivity index (χ3n) is 4.39. The van der Waals surface area contributed by atoms with E-state index in [1.54, 1.807) is 25.4 Å². The van der Waals surface area contributed by atoms with Crippen molar-refractivity contribution >= 4 is 46.2 Å². The highest BCUT2D eigenvalue weighted by atomic mass is 35.5. The average Bonchev–Trinajstić information content (AvgIpc) is 3.24. The van der Waals surface area contributed by atoms with Crippen molar-refractivity contribution in [2.45, 2.75) is 19.5 Å². The van der Waals surface area contributed by atoms with Gasteiger partial charge in [0.1, 0.15) is 5.75 Å². The molecule has 0 aliphatic carbocycles. The molecule has 3 aromatic rings. The van der Waals surface area contributed by atoms with Crippen LogP contribution >= 0.6 is 35.4 Å². The van der Waals surface area contributed by atoms with Crippen LogP contribution < -0.4 is 10.1 Å². The van der Waals surface area contributed by atoms with Gasteiger partial charge in [-0.2, -0.15) is 0 Å². The average molecular weight is 449 g/mol. The van der Waals surface area contributed by atoms with Crippen LogP contribution in [0.15, 0.2) is 61.2 Å². The number of aryl methyl sites for hydroxylation is 1. The molecule has 2 aromatic carbocycles. The van der Waals surface area contributed by atoms with Crippen LogP contribution in [-0.2, 0) is 13.1 Å². The lowest BCUT2D eigenvalue weighted by molar-refractivity contribution is 0.394. The number of anilines is 1. The van der Waals surface area contributed by atoms with Crippen molar-refractivity contribution < 1.29 is 4.74 Å². The molecular formula is C21H22Cl2N4OS. The van der Waals surface area contributed by atoms with Crippen LogP contribution in [0.5, 0.6) is 5.75 Å². The van der Waals surface area contributed by atoms with Crippen molar-refractivity contribution in [2.24, 2.45) is 0 Å². The highest BCUT2D eigenvalue weighted by molar-refractivity contribution is 7.80. The number of hydrogen-bond donors (Lipinski definition) is 1. The quantitative estimate of drug-likeness (QED) is 0.461. The van der Waals surface area contributed by atoms with Gasteiger partial charge >= 0.3 is 0 Å². The number of aromatic nitrogens is 2.